The SMILES string of the molecule is N#Cc1ccc(C(F)(F)F)nc1N1CCCC1Cn1cncn1. The molecule has 2 aromatic rings. The van der Waals surface area contributed by atoms with Gasteiger partial charge < -0.3 is 4.90 Å². The van der Waals surface area contributed by atoms with Gasteiger partial charge in [-0.15, -0.1) is 0 Å². The highest BCUT2D eigenvalue weighted by Crippen LogP contribution is 2.33. The first-order valence-electron chi connectivity index (χ1n) is 7.06. The van der Waals surface area contributed by atoms with Crippen molar-refractivity contribution in [3.05, 3.63) is 36.0 Å². The van der Waals surface area contributed by atoms with Gasteiger partial charge in [-0.1, -0.05) is 0 Å². The van der Waals surface area contributed by atoms with Crippen LogP contribution in [-0.2, 0) is 12.7 Å². The summed E-state index contributed by atoms with van der Waals surface area (Å²) in [7, 11) is 0. The van der Waals surface area contributed by atoms with Crippen LogP contribution in [0.5, 0.6) is 0 Å². The van der Waals surface area contributed by atoms with Crippen LogP contribution in [0.25, 0.3) is 0 Å². The molecule has 1 unspecified atom stereocenters. The summed E-state index contributed by atoms with van der Waals surface area (Å²) in [5, 5.41) is 13.2. The first kappa shape index (κ1) is 15.3. The molecule has 120 valence electrons. The maximum absolute atomic E-state index is 12.9. The third-order valence-electron chi connectivity index (χ3n) is 3.80. The molecule has 0 radical (unpaired) electrons. The van der Waals surface area contributed by atoms with Crippen molar-refractivity contribution >= 4 is 5.82 Å². The van der Waals surface area contributed by atoms with Crippen molar-refractivity contribution in [1.29, 1.82) is 5.26 Å². The van der Waals surface area contributed by atoms with Crippen molar-refractivity contribution in [1.82, 2.24) is 19.7 Å². The Morgan fingerprint density at radius 2 is 2.17 bits per heavy atom. The predicted octanol–water partition coefficient (Wildman–Crippen LogP) is 2.23. The van der Waals surface area contributed by atoms with Gasteiger partial charge in [0.1, 0.15) is 30.2 Å². The molecule has 6 nitrogen and oxygen atoms in total. The lowest BCUT2D eigenvalue weighted by molar-refractivity contribution is -0.141. The molecule has 1 aliphatic heterocycles. The third kappa shape index (κ3) is 3.11. The molecule has 0 spiro atoms. The molecule has 0 saturated carbocycles. The van der Waals surface area contributed by atoms with Gasteiger partial charge in [-0.3, -0.25) is 4.68 Å². The Morgan fingerprint density at radius 1 is 1.35 bits per heavy atom. The van der Waals surface area contributed by atoms with Gasteiger partial charge in [0.2, 0.25) is 0 Å². The molecule has 0 bridgehead atoms. The topological polar surface area (TPSA) is 70.6 Å². The quantitative estimate of drug-likeness (QED) is 0.866. The van der Waals surface area contributed by atoms with Gasteiger partial charge in [-0.2, -0.15) is 23.5 Å². The zero-order valence-electron chi connectivity index (χ0n) is 12.0. The number of alkyl halides is 3. The molecule has 1 aliphatic rings. The van der Waals surface area contributed by atoms with Gasteiger partial charge in [-0.25, -0.2) is 9.97 Å². The second-order valence-corrected chi connectivity index (χ2v) is 5.28. The highest BCUT2D eigenvalue weighted by Gasteiger charge is 2.35. The minimum Gasteiger partial charge on any atom is -0.351 e. The summed E-state index contributed by atoms with van der Waals surface area (Å²) in [5.41, 5.74) is -0.846. The van der Waals surface area contributed by atoms with E-state index in [-0.39, 0.29) is 17.4 Å². The molecule has 3 rings (SSSR count). The number of hydrogen-bond donors (Lipinski definition) is 0. The van der Waals surface area contributed by atoms with E-state index in [1.807, 2.05) is 6.07 Å². The molecule has 0 amide bonds. The average molecular weight is 322 g/mol. The van der Waals surface area contributed by atoms with E-state index in [9.17, 15) is 18.4 Å². The van der Waals surface area contributed by atoms with Gasteiger partial charge in [-0.05, 0) is 25.0 Å². The lowest BCUT2D eigenvalue weighted by Crippen LogP contribution is -2.34. The number of nitrogens with zero attached hydrogens (tertiary/aromatic N) is 6. The van der Waals surface area contributed by atoms with E-state index < -0.39 is 11.9 Å². The summed E-state index contributed by atoms with van der Waals surface area (Å²) < 4.78 is 40.3. The van der Waals surface area contributed by atoms with E-state index in [1.54, 1.807) is 15.9 Å². The van der Waals surface area contributed by atoms with Crippen LogP contribution >= 0.6 is 0 Å². The fourth-order valence-electron chi connectivity index (χ4n) is 2.76. The Balaban J connectivity index is 1.94. The minimum atomic E-state index is -4.54. The zero-order valence-corrected chi connectivity index (χ0v) is 12.0. The molecule has 23 heavy (non-hydrogen) atoms. The van der Waals surface area contributed by atoms with Crippen molar-refractivity contribution in [2.75, 3.05) is 11.4 Å². The molecular weight excluding hydrogens is 309 g/mol. The van der Waals surface area contributed by atoms with Gasteiger partial charge in [0.05, 0.1) is 18.2 Å². The first-order valence-corrected chi connectivity index (χ1v) is 7.06. The summed E-state index contributed by atoms with van der Waals surface area (Å²) in [6, 6.07) is 3.87. The van der Waals surface area contributed by atoms with Gasteiger partial charge in [0.15, 0.2) is 0 Å². The zero-order chi connectivity index (χ0) is 16.4. The Labute approximate surface area is 130 Å². The fraction of sp³-hybridized carbons (Fsp3) is 0.429. The van der Waals surface area contributed by atoms with Crippen LogP contribution in [0.2, 0.25) is 0 Å². The molecule has 1 saturated heterocycles. The van der Waals surface area contributed by atoms with Gasteiger partial charge >= 0.3 is 6.18 Å². The average Bonchev–Trinajstić information content (AvgIpc) is 3.18. The maximum Gasteiger partial charge on any atom is 0.433 e. The highest BCUT2D eigenvalue weighted by molar-refractivity contribution is 5.56. The Kier molecular flexibility index (Phi) is 3.90. The molecule has 0 aliphatic carbocycles. The summed E-state index contributed by atoms with van der Waals surface area (Å²) in [6.07, 6.45) is 0.0401. The van der Waals surface area contributed by atoms with Gasteiger partial charge in [0.25, 0.3) is 0 Å². The lowest BCUT2D eigenvalue weighted by Gasteiger charge is -2.27. The highest BCUT2D eigenvalue weighted by atomic mass is 19.4. The number of halogens is 3. The molecule has 0 aromatic carbocycles. The summed E-state index contributed by atoms with van der Waals surface area (Å²) in [5.74, 6) is 0.0879. The van der Waals surface area contributed by atoms with E-state index in [4.69, 9.17) is 0 Å². The number of hydrogen-bond acceptors (Lipinski definition) is 5. The molecular formula is C14H13F3N6. The molecule has 3 heterocycles. The largest absolute Gasteiger partial charge is 0.433 e. The Bertz CT molecular complexity index is 719. The first-order chi connectivity index (χ1) is 11.0. The fourth-order valence-corrected chi connectivity index (χ4v) is 2.76. The maximum atomic E-state index is 12.9. The number of nitriles is 1. The number of rotatable bonds is 3. The minimum absolute atomic E-state index is 0.0696. The monoisotopic (exact) mass is 322 g/mol. The normalized spacial score (nSPS) is 18.2. The van der Waals surface area contributed by atoms with Crippen LogP contribution in [0.3, 0.4) is 0 Å². The molecule has 1 fully saturated rings. The van der Waals surface area contributed by atoms with Crippen molar-refractivity contribution in [3.63, 3.8) is 0 Å². The van der Waals surface area contributed by atoms with E-state index in [0.29, 0.717) is 13.1 Å². The summed E-state index contributed by atoms with van der Waals surface area (Å²) >= 11 is 0. The van der Waals surface area contributed by atoms with Crippen molar-refractivity contribution in [3.8, 4) is 6.07 Å². The van der Waals surface area contributed by atoms with Crippen molar-refractivity contribution in [2.24, 2.45) is 0 Å². The molecule has 9 heteroatoms. The smallest absolute Gasteiger partial charge is 0.351 e. The van der Waals surface area contributed by atoms with Crippen molar-refractivity contribution < 1.29 is 13.2 Å². The van der Waals surface area contributed by atoms with Crippen LogP contribution in [0.15, 0.2) is 24.8 Å². The summed E-state index contributed by atoms with van der Waals surface area (Å²) in [4.78, 5) is 9.33. The second-order valence-electron chi connectivity index (χ2n) is 5.28. The molecule has 0 N–H and O–H groups in total. The lowest BCUT2D eigenvalue weighted by atomic mass is 10.2. The predicted molar refractivity (Wildman–Crippen MR) is 74.3 cm³/mol. The molecule has 2 aromatic heterocycles. The Hall–Kier alpha value is -2.63. The second kappa shape index (κ2) is 5.87. The number of aromatic nitrogens is 4. The van der Waals surface area contributed by atoms with E-state index >= 15 is 0 Å². The summed E-state index contributed by atoms with van der Waals surface area (Å²) in [6.45, 7) is 1.05. The van der Waals surface area contributed by atoms with Crippen molar-refractivity contribution in [2.45, 2.75) is 31.6 Å². The van der Waals surface area contributed by atoms with E-state index in [1.165, 1.54) is 12.4 Å². The number of pyridine rings is 1. The van der Waals surface area contributed by atoms with Crippen LogP contribution in [0, 0.1) is 11.3 Å². The standard InChI is InChI=1S/C14H13F3N6/c15-14(16,17)12-4-3-10(6-18)13(21-12)23-5-1-2-11(23)7-22-9-19-8-20-22/h3-4,8-9,11H,1-2,5,7H2. The third-order valence-corrected chi connectivity index (χ3v) is 3.80. The Morgan fingerprint density at radius 3 is 2.83 bits per heavy atom. The number of anilines is 1. The van der Waals surface area contributed by atoms with Gasteiger partial charge in [0, 0.05) is 6.54 Å². The van der Waals surface area contributed by atoms with E-state index in [2.05, 4.69) is 15.1 Å². The van der Waals surface area contributed by atoms with Crippen LogP contribution in [0.4, 0.5) is 19.0 Å². The van der Waals surface area contributed by atoms with Crippen LogP contribution in [-0.4, -0.2) is 32.3 Å². The van der Waals surface area contributed by atoms with Crippen LogP contribution < -0.4 is 4.90 Å². The molecule has 1 atom stereocenters. The van der Waals surface area contributed by atoms with Crippen LogP contribution in [0.1, 0.15) is 24.1 Å². The van der Waals surface area contributed by atoms with E-state index in [0.717, 1.165) is 18.9 Å².